The Morgan fingerprint density at radius 2 is 2.08 bits per heavy atom. The first-order chi connectivity index (χ1) is 12.0. The zero-order valence-corrected chi connectivity index (χ0v) is 15.8. The van der Waals surface area contributed by atoms with Gasteiger partial charge in [0.25, 0.3) is 0 Å². The molecule has 2 aromatic rings. The summed E-state index contributed by atoms with van der Waals surface area (Å²) in [5, 5.41) is 12.9. The lowest BCUT2D eigenvalue weighted by atomic mass is 9.95. The number of nitrogens with zero attached hydrogens (tertiary/aromatic N) is 1. The van der Waals surface area contributed by atoms with Gasteiger partial charge in [-0.3, -0.25) is 4.79 Å². The van der Waals surface area contributed by atoms with Crippen molar-refractivity contribution in [3.63, 3.8) is 0 Å². The summed E-state index contributed by atoms with van der Waals surface area (Å²) in [5.41, 5.74) is 9.42. The van der Waals surface area contributed by atoms with E-state index in [9.17, 15) is 9.90 Å². The van der Waals surface area contributed by atoms with E-state index >= 15 is 0 Å². The van der Waals surface area contributed by atoms with Crippen LogP contribution in [0.4, 0.5) is 5.82 Å². The van der Waals surface area contributed by atoms with Crippen molar-refractivity contribution in [2.45, 2.75) is 45.4 Å². The third-order valence-corrected chi connectivity index (χ3v) is 4.71. The number of aliphatic hydroxyl groups is 1. The van der Waals surface area contributed by atoms with Crippen molar-refractivity contribution in [3.05, 3.63) is 58.8 Å². The van der Waals surface area contributed by atoms with E-state index in [1.807, 2.05) is 43.3 Å². The highest BCUT2D eigenvalue weighted by atomic mass is 35.5. The lowest BCUT2D eigenvalue weighted by Crippen LogP contribution is -2.13. The summed E-state index contributed by atoms with van der Waals surface area (Å²) < 4.78 is 0. The Morgan fingerprint density at radius 1 is 1.27 bits per heavy atom. The van der Waals surface area contributed by atoms with Crippen LogP contribution in [0.25, 0.3) is 0 Å². The maximum absolute atomic E-state index is 12.6. The lowest BCUT2D eigenvalue weighted by molar-refractivity contribution is 0.0906. The van der Waals surface area contributed by atoms with Crippen LogP contribution in [0.1, 0.15) is 46.4 Å². The van der Waals surface area contributed by atoms with E-state index in [4.69, 9.17) is 5.73 Å². The van der Waals surface area contributed by atoms with Crippen LogP contribution in [0.15, 0.2) is 36.4 Å². The zero-order chi connectivity index (χ0) is 17.8. The Kier molecular flexibility index (Phi) is 7.14. The van der Waals surface area contributed by atoms with Gasteiger partial charge in [-0.05, 0) is 55.5 Å². The van der Waals surface area contributed by atoms with Gasteiger partial charge in [-0.25, -0.2) is 4.98 Å². The van der Waals surface area contributed by atoms with Crippen LogP contribution in [0.3, 0.4) is 0 Å². The maximum atomic E-state index is 12.6. The van der Waals surface area contributed by atoms with Gasteiger partial charge in [0.2, 0.25) is 0 Å². The van der Waals surface area contributed by atoms with Gasteiger partial charge in [-0.15, -0.1) is 12.4 Å². The monoisotopic (exact) mass is 375 g/mol. The molecule has 1 fully saturated rings. The van der Waals surface area contributed by atoms with E-state index in [0.29, 0.717) is 19.5 Å². The standard InChI is InChI=1S/C20H25N3O2.ClH/c1-13-7-15(11-21)9-19(23-13)22-12-14-3-2-4-16(8-14)20(25)17-5-6-18(24)10-17;/h2-4,7-9,17-18,24H,5-6,10-12,21H2,1H3,(H,22,23);1H/t17?,18-;/m0./s1. The Morgan fingerprint density at radius 3 is 2.77 bits per heavy atom. The molecule has 1 unspecified atom stereocenters. The van der Waals surface area contributed by atoms with E-state index in [0.717, 1.165) is 41.0 Å². The Bertz CT molecular complexity index is 766. The average molecular weight is 376 g/mol. The number of aliphatic hydroxyl groups excluding tert-OH is 1. The second-order valence-electron chi connectivity index (χ2n) is 6.79. The zero-order valence-electron chi connectivity index (χ0n) is 14.9. The molecule has 3 rings (SSSR count). The summed E-state index contributed by atoms with van der Waals surface area (Å²) in [7, 11) is 0. The summed E-state index contributed by atoms with van der Waals surface area (Å²) in [4.78, 5) is 17.1. The number of anilines is 1. The summed E-state index contributed by atoms with van der Waals surface area (Å²) in [6, 6.07) is 11.6. The van der Waals surface area contributed by atoms with Crippen LogP contribution in [0.2, 0.25) is 0 Å². The minimum atomic E-state index is -0.331. The van der Waals surface area contributed by atoms with Crippen LogP contribution in [0, 0.1) is 12.8 Å². The topological polar surface area (TPSA) is 88.2 Å². The molecule has 0 aliphatic heterocycles. The van der Waals surface area contributed by atoms with Gasteiger partial charge in [0, 0.05) is 30.3 Å². The van der Waals surface area contributed by atoms with Crippen molar-refractivity contribution in [2.75, 3.05) is 5.32 Å². The molecule has 26 heavy (non-hydrogen) atoms. The molecule has 6 heteroatoms. The van der Waals surface area contributed by atoms with Crippen molar-refractivity contribution < 1.29 is 9.90 Å². The van der Waals surface area contributed by atoms with Crippen molar-refractivity contribution >= 4 is 24.0 Å². The molecule has 1 saturated carbocycles. The van der Waals surface area contributed by atoms with Gasteiger partial charge < -0.3 is 16.2 Å². The van der Waals surface area contributed by atoms with Gasteiger partial charge in [0.1, 0.15) is 5.82 Å². The van der Waals surface area contributed by atoms with E-state index in [1.165, 1.54) is 0 Å². The summed E-state index contributed by atoms with van der Waals surface area (Å²) in [5.74, 6) is 0.873. The third-order valence-electron chi connectivity index (χ3n) is 4.71. The van der Waals surface area contributed by atoms with Gasteiger partial charge in [0.05, 0.1) is 6.10 Å². The Labute approximate surface area is 160 Å². The number of aryl methyl sites for hydroxylation is 1. The minimum absolute atomic E-state index is 0. The van der Waals surface area contributed by atoms with Crippen molar-refractivity contribution in [2.24, 2.45) is 11.7 Å². The number of benzene rings is 1. The normalized spacial score (nSPS) is 19.0. The lowest BCUT2D eigenvalue weighted by Gasteiger charge is -2.11. The molecule has 1 aliphatic carbocycles. The molecule has 0 radical (unpaired) electrons. The fourth-order valence-electron chi connectivity index (χ4n) is 3.41. The first-order valence-electron chi connectivity index (χ1n) is 8.78. The highest BCUT2D eigenvalue weighted by molar-refractivity contribution is 5.98. The molecule has 5 nitrogen and oxygen atoms in total. The van der Waals surface area contributed by atoms with Gasteiger partial charge in [-0.1, -0.05) is 18.2 Å². The van der Waals surface area contributed by atoms with Crippen LogP contribution in [0.5, 0.6) is 0 Å². The molecule has 4 N–H and O–H groups in total. The SMILES string of the molecule is Cc1cc(CN)cc(NCc2cccc(C(=O)C3CC[C@H](O)C3)c2)n1.Cl. The number of Topliss-reactive ketones (excluding diaryl/α,β-unsaturated/α-hetero) is 1. The molecule has 0 spiro atoms. The van der Waals surface area contributed by atoms with Crippen LogP contribution < -0.4 is 11.1 Å². The highest BCUT2D eigenvalue weighted by Gasteiger charge is 2.29. The molecule has 2 atom stereocenters. The number of carbonyl (C=O) groups excluding carboxylic acids is 1. The molecule has 1 aliphatic rings. The number of pyridine rings is 1. The highest BCUT2D eigenvalue weighted by Crippen LogP contribution is 2.28. The van der Waals surface area contributed by atoms with Gasteiger partial charge >= 0.3 is 0 Å². The van der Waals surface area contributed by atoms with Crippen LogP contribution in [-0.4, -0.2) is 22.0 Å². The van der Waals surface area contributed by atoms with Gasteiger partial charge in [-0.2, -0.15) is 0 Å². The molecule has 1 aromatic carbocycles. The number of rotatable bonds is 6. The maximum Gasteiger partial charge on any atom is 0.166 e. The quantitative estimate of drug-likeness (QED) is 0.674. The summed E-state index contributed by atoms with van der Waals surface area (Å²) in [6.07, 6.45) is 1.75. The van der Waals surface area contributed by atoms with E-state index in [2.05, 4.69) is 10.3 Å². The largest absolute Gasteiger partial charge is 0.393 e. The first-order valence-corrected chi connectivity index (χ1v) is 8.78. The van der Waals surface area contributed by atoms with Crippen LogP contribution >= 0.6 is 12.4 Å². The molecule has 0 amide bonds. The number of carbonyl (C=O) groups is 1. The number of ketones is 1. The van der Waals surface area contributed by atoms with E-state index < -0.39 is 0 Å². The summed E-state index contributed by atoms with van der Waals surface area (Å²) in [6.45, 7) is 3.02. The third kappa shape index (κ3) is 5.04. The number of hydrogen-bond acceptors (Lipinski definition) is 5. The number of hydrogen-bond donors (Lipinski definition) is 3. The van der Waals surface area contributed by atoms with E-state index in [1.54, 1.807) is 0 Å². The number of halogens is 1. The number of aromatic nitrogens is 1. The Hall–Kier alpha value is -1.95. The number of nitrogens with one attached hydrogen (secondary N) is 1. The molecule has 0 bridgehead atoms. The molecule has 1 aromatic heterocycles. The Balaban J connectivity index is 0.00000243. The molecular weight excluding hydrogens is 350 g/mol. The predicted octanol–water partition coefficient (Wildman–Crippen LogP) is 3.23. The summed E-state index contributed by atoms with van der Waals surface area (Å²) >= 11 is 0. The molecule has 0 saturated heterocycles. The molecule has 1 heterocycles. The second-order valence-corrected chi connectivity index (χ2v) is 6.79. The molecular formula is C20H26ClN3O2. The number of nitrogens with two attached hydrogens (primary N) is 1. The second kappa shape index (κ2) is 9.12. The van der Waals surface area contributed by atoms with E-state index in [-0.39, 0.29) is 30.2 Å². The minimum Gasteiger partial charge on any atom is -0.393 e. The smallest absolute Gasteiger partial charge is 0.166 e. The van der Waals surface area contributed by atoms with Crippen molar-refractivity contribution in [3.8, 4) is 0 Å². The fourth-order valence-corrected chi connectivity index (χ4v) is 3.41. The van der Waals surface area contributed by atoms with Gasteiger partial charge in [0.15, 0.2) is 5.78 Å². The fraction of sp³-hybridized carbons (Fsp3) is 0.400. The van der Waals surface area contributed by atoms with Crippen molar-refractivity contribution in [1.82, 2.24) is 4.98 Å². The van der Waals surface area contributed by atoms with Crippen molar-refractivity contribution in [1.29, 1.82) is 0 Å². The predicted molar refractivity (Wildman–Crippen MR) is 106 cm³/mol. The molecule has 140 valence electrons. The first kappa shape index (κ1) is 20.4. The van der Waals surface area contributed by atoms with Crippen LogP contribution in [-0.2, 0) is 13.1 Å². The average Bonchev–Trinajstić information content (AvgIpc) is 3.05.